The molecule has 1 amide bonds. The van der Waals surface area contributed by atoms with Crippen molar-refractivity contribution in [2.75, 3.05) is 40.0 Å². The number of carbonyl (C=O) groups is 1. The van der Waals surface area contributed by atoms with E-state index in [1.165, 1.54) is 30.2 Å². The van der Waals surface area contributed by atoms with Crippen LogP contribution in [0, 0.1) is 11.7 Å². The summed E-state index contributed by atoms with van der Waals surface area (Å²) in [5, 5.41) is 23.7. The highest BCUT2D eigenvalue weighted by molar-refractivity contribution is 5.72. The Morgan fingerprint density at radius 3 is 2.60 bits per heavy atom. The molecule has 2 aliphatic rings. The first kappa shape index (κ1) is 33.1. The molecule has 1 aliphatic carbocycles. The lowest BCUT2D eigenvalue weighted by molar-refractivity contribution is -0.246. The van der Waals surface area contributed by atoms with Crippen LogP contribution in [0.4, 0.5) is 17.6 Å². The first-order chi connectivity index (χ1) is 20.4. The zero-order chi connectivity index (χ0) is 31.4. The molecule has 0 aromatic heterocycles. The van der Waals surface area contributed by atoms with E-state index in [4.69, 9.17) is 19.9 Å². The van der Waals surface area contributed by atoms with E-state index < -0.39 is 46.8 Å². The molecule has 0 bridgehead atoms. The number of hydrogen-bond donors (Lipinski definition) is 3. The number of nitrogens with zero attached hydrogens (tertiary/aromatic N) is 1. The van der Waals surface area contributed by atoms with Gasteiger partial charge in [0.2, 0.25) is 6.41 Å². The van der Waals surface area contributed by atoms with Crippen LogP contribution in [-0.4, -0.2) is 79.3 Å². The first-order valence-electron chi connectivity index (χ1n) is 14.5. The van der Waals surface area contributed by atoms with Crippen LogP contribution in [0.5, 0.6) is 5.75 Å². The number of benzene rings is 2. The number of rotatable bonds is 12. The minimum atomic E-state index is -4.75. The summed E-state index contributed by atoms with van der Waals surface area (Å²) >= 11 is 0. The summed E-state index contributed by atoms with van der Waals surface area (Å²) in [5.74, 6) is -1.52. The van der Waals surface area contributed by atoms with Crippen molar-refractivity contribution < 1.29 is 46.8 Å². The van der Waals surface area contributed by atoms with Crippen LogP contribution in [0.25, 0.3) is 11.1 Å². The summed E-state index contributed by atoms with van der Waals surface area (Å²) in [7, 11) is 1.54. The van der Waals surface area contributed by atoms with Crippen molar-refractivity contribution >= 4 is 6.41 Å². The average Bonchev–Trinajstić information content (AvgIpc) is 3.32. The summed E-state index contributed by atoms with van der Waals surface area (Å²) in [4.78, 5) is 13.5. The third kappa shape index (κ3) is 6.68. The van der Waals surface area contributed by atoms with E-state index in [0.717, 1.165) is 18.2 Å². The zero-order valence-electron chi connectivity index (χ0n) is 24.4. The lowest BCUT2D eigenvalue weighted by Gasteiger charge is -2.55. The molecular weight excluding hydrogens is 572 g/mol. The molecule has 2 aromatic carbocycles. The fraction of sp³-hybridized carbons (Fsp3) is 0.581. The number of unbranched alkanes of at least 4 members (excludes halogenated alkanes) is 1. The van der Waals surface area contributed by atoms with E-state index in [1.54, 1.807) is 6.92 Å². The normalized spacial score (nSPS) is 25.9. The van der Waals surface area contributed by atoms with Gasteiger partial charge in [0.05, 0.1) is 31.4 Å². The third-order valence-electron chi connectivity index (χ3n) is 8.69. The van der Waals surface area contributed by atoms with Gasteiger partial charge in [0.15, 0.2) is 0 Å². The maximum absolute atomic E-state index is 16.0. The molecule has 1 saturated heterocycles. The summed E-state index contributed by atoms with van der Waals surface area (Å²) < 4.78 is 75.0. The molecule has 5 atom stereocenters. The van der Waals surface area contributed by atoms with Crippen LogP contribution in [0.1, 0.15) is 50.2 Å². The number of nitrogens with two attached hydrogens (primary N) is 1. The Labute approximate surface area is 248 Å². The maximum Gasteiger partial charge on any atom is 0.416 e. The Hall–Kier alpha value is -2.77. The standard InChI is InChI=1S/C31H40F4N2O6/c1-3-42-23-14-20(13-22(15-23)31(33,34)35)28-24(7-6-8-25(28)32)29(40,9-4-5-11-41-2)30(18-37(19-38)10-12-43-30)21-16-26(36)27(39)17-21/h6-8,13-15,19,21,26-27,39-40H,3-5,9-12,16-18,36H2,1-2H3/t21-,26+,27-,29+,30-/m0/s1. The van der Waals surface area contributed by atoms with Crippen molar-refractivity contribution in [3.05, 3.63) is 53.3 Å². The highest BCUT2D eigenvalue weighted by Crippen LogP contribution is 2.53. The Morgan fingerprint density at radius 2 is 1.98 bits per heavy atom. The second-order valence-corrected chi connectivity index (χ2v) is 11.4. The molecule has 4 N–H and O–H groups in total. The number of methoxy groups -OCH3 is 1. The number of alkyl halides is 3. The van der Waals surface area contributed by atoms with Gasteiger partial charge in [-0.25, -0.2) is 4.39 Å². The van der Waals surface area contributed by atoms with Gasteiger partial charge in [-0.05, 0) is 80.3 Å². The van der Waals surface area contributed by atoms with Crippen molar-refractivity contribution in [2.45, 2.75) is 68.6 Å². The lowest BCUT2D eigenvalue weighted by atomic mass is 9.65. The summed E-state index contributed by atoms with van der Waals surface area (Å²) in [6.07, 6.45) is -3.73. The van der Waals surface area contributed by atoms with E-state index in [2.05, 4.69) is 0 Å². The van der Waals surface area contributed by atoms with Gasteiger partial charge in [-0.2, -0.15) is 13.2 Å². The molecule has 0 unspecified atom stereocenters. The largest absolute Gasteiger partial charge is 0.494 e. The number of morpholine rings is 1. The van der Waals surface area contributed by atoms with Gasteiger partial charge in [-0.3, -0.25) is 4.79 Å². The van der Waals surface area contributed by atoms with Crippen LogP contribution >= 0.6 is 0 Å². The zero-order valence-corrected chi connectivity index (χ0v) is 24.4. The SMILES string of the molecule is CCOc1cc(-c2c(F)cccc2[C@](O)(CCCCOC)[C@@]2([C@H]3C[C@@H](N)[C@@H](O)C3)CN(C=O)CCO2)cc(C(F)(F)F)c1. The Balaban J connectivity index is 1.99. The number of aliphatic hydroxyl groups is 2. The number of aliphatic hydroxyl groups excluding tert-OH is 1. The second-order valence-electron chi connectivity index (χ2n) is 11.4. The minimum Gasteiger partial charge on any atom is -0.494 e. The molecule has 12 heteroatoms. The van der Waals surface area contributed by atoms with Gasteiger partial charge >= 0.3 is 6.18 Å². The molecule has 238 valence electrons. The summed E-state index contributed by atoms with van der Waals surface area (Å²) in [5.41, 5.74) is 1.20. The first-order valence-corrected chi connectivity index (χ1v) is 14.5. The van der Waals surface area contributed by atoms with Crippen LogP contribution < -0.4 is 10.5 Å². The van der Waals surface area contributed by atoms with Gasteiger partial charge in [0.25, 0.3) is 0 Å². The lowest BCUT2D eigenvalue weighted by Crippen LogP contribution is -2.66. The van der Waals surface area contributed by atoms with E-state index in [-0.39, 0.29) is 68.0 Å². The molecule has 1 aliphatic heterocycles. The van der Waals surface area contributed by atoms with Crippen LogP contribution in [0.2, 0.25) is 0 Å². The highest BCUT2D eigenvalue weighted by atomic mass is 19.4. The van der Waals surface area contributed by atoms with E-state index in [9.17, 15) is 28.2 Å². The second kappa shape index (κ2) is 13.5. The predicted molar refractivity (Wildman–Crippen MR) is 151 cm³/mol. The predicted octanol–water partition coefficient (Wildman–Crippen LogP) is 4.24. The van der Waals surface area contributed by atoms with Gasteiger partial charge < -0.3 is 35.1 Å². The minimum absolute atomic E-state index is 0.00137. The molecule has 1 saturated carbocycles. The number of hydrogen-bond acceptors (Lipinski definition) is 7. The number of ether oxygens (including phenoxy) is 3. The van der Waals surface area contributed by atoms with Crippen molar-refractivity contribution in [3.8, 4) is 16.9 Å². The molecule has 4 rings (SSSR count). The molecule has 43 heavy (non-hydrogen) atoms. The Morgan fingerprint density at radius 1 is 1.21 bits per heavy atom. The van der Waals surface area contributed by atoms with E-state index >= 15 is 4.39 Å². The number of amides is 1. The van der Waals surface area contributed by atoms with Crippen LogP contribution in [-0.2, 0) is 26.0 Å². The van der Waals surface area contributed by atoms with Gasteiger partial charge in [-0.1, -0.05) is 12.1 Å². The van der Waals surface area contributed by atoms with Crippen molar-refractivity contribution in [3.63, 3.8) is 0 Å². The Bertz CT molecular complexity index is 1250. The van der Waals surface area contributed by atoms with Gasteiger partial charge in [0, 0.05) is 31.9 Å². The molecular formula is C31H40F4N2O6. The van der Waals surface area contributed by atoms with Crippen molar-refractivity contribution in [1.29, 1.82) is 0 Å². The summed E-state index contributed by atoms with van der Waals surface area (Å²) in [6, 6.07) is 6.34. The molecule has 2 aromatic rings. The monoisotopic (exact) mass is 612 g/mol. The van der Waals surface area contributed by atoms with Crippen molar-refractivity contribution in [2.24, 2.45) is 11.7 Å². The van der Waals surface area contributed by atoms with Gasteiger partial charge in [-0.15, -0.1) is 0 Å². The highest BCUT2D eigenvalue weighted by Gasteiger charge is 2.61. The van der Waals surface area contributed by atoms with E-state index in [1.807, 2.05) is 0 Å². The molecule has 0 radical (unpaired) electrons. The topological polar surface area (TPSA) is 114 Å². The molecule has 8 nitrogen and oxygen atoms in total. The van der Waals surface area contributed by atoms with E-state index in [0.29, 0.717) is 25.9 Å². The van der Waals surface area contributed by atoms with Crippen LogP contribution in [0.3, 0.4) is 0 Å². The third-order valence-corrected chi connectivity index (χ3v) is 8.69. The summed E-state index contributed by atoms with van der Waals surface area (Å²) in [6.45, 7) is 2.27. The quantitative estimate of drug-likeness (QED) is 0.187. The Kier molecular flexibility index (Phi) is 10.4. The smallest absolute Gasteiger partial charge is 0.416 e. The number of carbonyl (C=O) groups excluding carboxylic acids is 1. The van der Waals surface area contributed by atoms with Crippen LogP contribution in [0.15, 0.2) is 36.4 Å². The fourth-order valence-corrected chi connectivity index (χ4v) is 6.65. The average molecular weight is 613 g/mol. The van der Waals surface area contributed by atoms with Crippen molar-refractivity contribution in [1.82, 2.24) is 4.90 Å². The maximum atomic E-state index is 16.0. The number of halogens is 4. The fourth-order valence-electron chi connectivity index (χ4n) is 6.65. The molecule has 0 spiro atoms. The molecule has 1 heterocycles. The molecule has 2 fully saturated rings. The van der Waals surface area contributed by atoms with Gasteiger partial charge in [0.1, 0.15) is 22.8 Å².